The molecule has 0 heterocycles. The Kier molecular flexibility index (Phi) is 6.44. The summed E-state index contributed by atoms with van der Waals surface area (Å²) in [4.78, 5) is 12.4. The summed E-state index contributed by atoms with van der Waals surface area (Å²) in [5.74, 6) is -0.406. The maximum absolute atomic E-state index is 12.4. The van der Waals surface area contributed by atoms with Crippen LogP contribution >= 0.6 is 0 Å². The van der Waals surface area contributed by atoms with Crippen LogP contribution in [0.5, 0.6) is 0 Å². The van der Waals surface area contributed by atoms with E-state index in [1.165, 1.54) is 0 Å². The lowest BCUT2D eigenvalue weighted by molar-refractivity contribution is -0.138. The van der Waals surface area contributed by atoms with Crippen LogP contribution in [0, 0.1) is 0 Å². The van der Waals surface area contributed by atoms with Crippen molar-refractivity contribution < 1.29 is 14.6 Å². The number of aliphatic hydroxyl groups excluding tert-OH is 1. The maximum Gasteiger partial charge on any atom is 0.342 e. The number of hydrogen-bond acceptors (Lipinski definition) is 3. The average molecular weight is 372 g/mol. The maximum atomic E-state index is 12.4. The summed E-state index contributed by atoms with van der Waals surface area (Å²) in [6.45, 7) is 3.85. The number of carbonyl (C=O) groups excluding carboxylic acids is 1. The monoisotopic (exact) mass is 372 g/mol. The minimum absolute atomic E-state index is 0.297. The Balaban J connectivity index is 1.97. The highest BCUT2D eigenvalue weighted by molar-refractivity contribution is 5.89. The van der Waals surface area contributed by atoms with Crippen LogP contribution in [0.2, 0.25) is 0 Å². The first-order chi connectivity index (χ1) is 13.6. The van der Waals surface area contributed by atoms with Crippen molar-refractivity contribution in [2.45, 2.75) is 26.4 Å². The highest BCUT2D eigenvalue weighted by Crippen LogP contribution is 2.25. The van der Waals surface area contributed by atoms with Gasteiger partial charge in [-0.2, -0.15) is 0 Å². The van der Waals surface area contributed by atoms with E-state index in [9.17, 15) is 9.90 Å². The van der Waals surface area contributed by atoms with Crippen LogP contribution in [0.1, 0.15) is 31.1 Å². The first-order valence-corrected chi connectivity index (χ1v) is 9.42. The van der Waals surface area contributed by atoms with Gasteiger partial charge in [0.2, 0.25) is 0 Å². The van der Waals surface area contributed by atoms with Gasteiger partial charge in [-0.05, 0) is 41.8 Å². The Bertz CT molecular complexity index is 1030. The second-order valence-corrected chi connectivity index (χ2v) is 6.68. The summed E-state index contributed by atoms with van der Waals surface area (Å²) in [5.41, 5.74) is 5.85. The van der Waals surface area contributed by atoms with Crippen molar-refractivity contribution in [3.8, 4) is 0 Å². The summed E-state index contributed by atoms with van der Waals surface area (Å²) in [6.07, 6.45) is -0.439. The summed E-state index contributed by atoms with van der Waals surface area (Å²) in [7, 11) is 0. The van der Waals surface area contributed by atoms with Crippen LogP contribution in [-0.2, 0) is 16.0 Å². The third kappa shape index (κ3) is 4.77. The zero-order valence-electron chi connectivity index (χ0n) is 16.2. The lowest BCUT2D eigenvalue weighted by atomic mass is 9.98. The van der Waals surface area contributed by atoms with Crippen LogP contribution in [0.25, 0.3) is 10.8 Å². The lowest BCUT2D eigenvalue weighted by Crippen LogP contribution is -2.10. The number of aliphatic hydroxyl groups is 1. The molecule has 0 aliphatic rings. The second-order valence-electron chi connectivity index (χ2n) is 6.68. The fourth-order valence-corrected chi connectivity index (χ4v) is 3.12. The smallest absolute Gasteiger partial charge is 0.342 e. The van der Waals surface area contributed by atoms with Gasteiger partial charge in [-0.15, -0.1) is 5.73 Å². The molecule has 0 aliphatic heterocycles. The number of ether oxygens (including phenoxy) is 1. The summed E-state index contributed by atoms with van der Waals surface area (Å²) < 4.78 is 5.19. The Hall–Kier alpha value is -3.13. The molecule has 3 rings (SSSR count). The van der Waals surface area contributed by atoms with E-state index in [1.54, 1.807) is 13.8 Å². The molecule has 1 N–H and O–H groups in total. The van der Waals surface area contributed by atoms with E-state index in [4.69, 9.17) is 4.74 Å². The van der Waals surface area contributed by atoms with Crippen molar-refractivity contribution in [3.63, 3.8) is 0 Å². The fourth-order valence-electron chi connectivity index (χ4n) is 3.12. The zero-order chi connectivity index (χ0) is 19.9. The second kappa shape index (κ2) is 9.18. The van der Waals surface area contributed by atoms with Gasteiger partial charge in [0, 0.05) is 12.0 Å². The number of rotatable bonds is 6. The Morgan fingerprint density at radius 3 is 2.39 bits per heavy atom. The first kappa shape index (κ1) is 19.6. The van der Waals surface area contributed by atoms with Crippen LogP contribution < -0.4 is 0 Å². The van der Waals surface area contributed by atoms with Gasteiger partial charge in [0.1, 0.15) is 6.10 Å². The van der Waals surface area contributed by atoms with Crippen LogP contribution in [-0.4, -0.2) is 17.7 Å². The highest BCUT2D eigenvalue weighted by atomic mass is 16.5. The fraction of sp³-hybridized carbons (Fsp3) is 0.200. The molecule has 0 radical (unpaired) electrons. The Morgan fingerprint density at radius 2 is 1.68 bits per heavy atom. The largest absolute Gasteiger partial charge is 0.462 e. The molecule has 0 aromatic heterocycles. The molecule has 1 atom stereocenters. The zero-order valence-corrected chi connectivity index (χ0v) is 16.2. The highest BCUT2D eigenvalue weighted by Gasteiger charge is 2.14. The quantitative estimate of drug-likeness (QED) is 0.370. The van der Waals surface area contributed by atoms with Gasteiger partial charge in [0.15, 0.2) is 0 Å². The minimum Gasteiger partial charge on any atom is -0.462 e. The third-order valence-corrected chi connectivity index (χ3v) is 4.59. The molecule has 0 saturated heterocycles. The molecule has 0 amide bonds. The molecule has 3 nitrogen and oxygen atoms in total. The van der Waals surface area contributed by atoms with Crippen LogP contribution in [0.4, 0.5) is 0 Å². The first-order valence-electron chi connectivity index (χ1n) is 9.42. The molecular formula is C25H24O3. The van der Waals surface area contributed by atoms with Crippen molar-refractivity contribution in [2.75, 3.05) is 6.61 Å². The van der Waals surface area contributed by atoms with Crippen molar-refractivity contribution in [2.24, 2.45) is 0 Å². The third-order valence-electron chi connectivity index (χ3n) is 4.59. The average Bonchev–Trinajstić information content (AvgIpc) is 2.73. The molecule has 3 heteroatoms. The molecular weight excluding hydrogens is 348 g/mol. The molecule has 0 aliphatic carbocycles. The predicted molar refractivity (Wildman–Crippen MR) is 112 cm³/mol. The van der Waals surface area contributed by atoms with E-state index in [0.29, 0.717) is 24.2 Å². The molecule has 0 unspecified atom stereocenters. The van der Waals surface area contributed by atoms with Crippen molar-refractivity contribution in [1.82, 2.24) is 0 Å². The molecule has 0 bridgehead atoms. The number of carbonyl (C=O) groups is 1. The number of benzene rings is 3. The molecule has 28 heavy (non-hydrogen) atoms. The van der Waals surface area contributed by atoms with Crippen LogP contribution in [0.15, 0.2) is 89.7 Å². The standard InChI is InChI=1S/C25H24O3/c1-3-28-25(27)23(16-19-9-5-4-6-10-19)15-18(2)24(26)22-14-13-20-11-7-8-12-21(20)17-22/h4-14,17,24,26H,3,16H2,1-2H3/t15?,24-/m1/s1. The minimum atomic E-state index is -0.843. The predicted octanol–water partition coefficient (Wildman–Crippen LogP) is 5.15. The summed E-state index contributed by atoms with van der Waals surface area (Å²) in [6, 6.07) is 23.6. The van der Waals surface area contributed by atoms with Gasteiger partial charge in [0.25, 0.3) is 0 Å². The van der Waals surface area contributed by atoms with E-state index in [2.05, 4.69) is 5.73 Å². The van der Waals surface area contributed by atoms with E-state index >= 15 is 0 Å². The molecule has 3 aromatic rings. The van der Waals surface area contributed by atoms with E-state index in [0.717, 1.165) is 21.9 Å². The topological polar surface area (TPSA) is 46.5 Å². The molecule has 0 saturated carbocycles. The Morgan fingerprint density at radius 1 is 1.00 bits per heavy atom. The number of hydrogen-bond donors (Lipinski definition) is 1. The van der Waals surface area contributed by atoms with Gasteiger partial charge in [-0.1, -0.05) is 66.7 Å². The lowest BCUT2D eigenvalue weighted by Gasteiger charge is -2.12. The van der Waals surface area contributed by atoms with Crippen molar-refractivity contribution in [3.05, 3.63) is 101 Å². The van der Waals surface area contributed by atoms with Crippen LogP contribution in [0.3, 0.4) is 0 Å². The number of esters is 1. The summed E-state index contributed by atoms with van der Waals surface area (Å²) in [5, 5.41) is 13.0. The molecule has 142 valence electrons. The van der Waals surface area contributed by atoms with E-state index in [-0.39, 0.29) is 0 Å². The van der Waals surface area contributed by atoms with E-state index < -0.39 is 12.1 Å². The van der Waals surface area contributed by atoms with Crippen molar-refractivity contribution >= 4 is 16.7 Å². The van der Waals surface area contributed by atoms with Gasteiger partial charge in [0.05, 0.1) is 12.2 Å². The summed E-state index contributed by atoms with van der Waals surface area (Å²) >= 11 is 0. The Labute approximate surface area is 165 Å². The normalized spacial score (nSPS) is 11.5. The molecule has 0 fully saturated rings. The molecule has 3 aromatic carbocycles. The van der Waals surface area contributed by atoms with Gasteiger partial charge in [-0.3, -0.25) is 0 Å². The van der Waals surface area contributed by atoms with Gasteiger partial charge < -0.3 is 9.84 Å². The molecule has 0 spiro atoms. The van der Waals surface area contributed by atoms with Gasteiger partial charge >= 0.3 is 5.97 Å². The SMILES string of the molecule is CCOC(=O)C(=C=C(C)[C@@H](O)c1ccc2ccccc2c1)Cc1ccccc1. The van der Waals surface area contributed by atoms with Gasteiger partial charge in [-0.25, -0.2) is 4.79 Å². The number of fused-ring (bicyclic) bond motifs is 1. The van der Waals surface area contributed by atoms with E-state index in [1.807, 2.05) is 72.8 Å². The van der Waals surface area contributed by atoms with Crippen molar-refractivity contribution in [1.29, 1.82) is 0 Å².